The molecule has 0 atom stereocenters. The van der Waals surface area contributed by atoms with Crippen LogP contribution in [0.1, 0.15) is 47.2 Å². The number of carbonyl (C=O) groups is 2. The fourth-order valence-electron chi connectivity index (χ4n) is 3.59. The highest BCUT2D eigenvalue weighted by atomic mass is 79.9. The van der Waals surface area contributed by atoms with Crippen molar-refractivity contribution < 1.29 is 19.1 Å². The zero-order valence-electron chi connectivity index (χ0n) is 21.5. The Hall–Kier alpha value is -3.32. The monoisotopic (exact) mass is 590 g/mol. The first-order valence-electron chi connectivity index (χ1n) is 11.4. The lowest BCUT2D eigenvalue weighted by molar-refractivity contribution is 0.0429. The summed E-state index contributed by atoms with van der Waals surface area (Å²) < 4.78 is 15.5. The summed E-state index contributed by atoms with van der Waals surface area (Å²) in [5.74, 6) is 0.00329. The highest BCUT2D eigenvalue weighted by Crippen LogP contribution is 2.33. The van der Waals surface area contributed by atoms with Crippen LogP contribution in [0.4, 0.5) is 15.4 Å². The third kappa shape index (κ3) is 5.67. The Labute approximate surface area is 225 Å². The topological polar surface area (TPSA) is 121 Å². The van der Waals surface area contributed by atoms with Gasteiger partial charge in [0.2, 0.25) is 0 Å². The van der Waals surface area contributed by atoms with Gasteiger partial charge in [-0.2, -0.15) is 10.00 Å². The second-order valence-corrected chi connectivity index (χ2v) is 12.6. The van der Waals surface area contributed by atoms with Crippen LogP contribution in [0.15, 0.2) is 33.1 Å². The zero-order chi connectivity index (χ0) is 27.3. The zero-order valence-corrected chi connectivity index (χ0v) is 23.9. The molecule has 0 aromatic carbocycles. The van der Waals surface area contributed by atoms with Gasteiger partial charge in [0.05, 0.1) is 23.1 Å². The lowest BCUT2D eigenvalue weighted by Crippen LogP contribution is -2.44. The van der Waals surface area contributed by atoms with Crippen LogP contribution in [0.3, 0.4) is 0 Å². The van der Waals surface area contributed by atoms with Gasteiger partial charge in [0.25, 0.3) is 5.56 Å². The number of amides is 2. The minimum atomic E-state index is -0.925. The first-order valence-corrected chi connectivity index (χ1v) is 13.0. The number of hydrogen-bond donors (Lipinski definition) is 0. The lowest BCUT2D eigenvalue weighted by Gasteiger charge is -2.28. The van der Waals surface area contributed by atoms with E-state index in [9.17, 15) is 14.4 Å². The van der Waals surface area contributed by atoms with Gasteiger partial charge in [-0.1, -0.05) is 6.07 Å². The summed E-state index contributed by atoms with van der Waals surface area (Å²) in [5, 5.41) is 5.05. The number of carbonyl (C=O) groups excluding carboxylic acids is 2. The minimum Gasteiger partial charge on any atom is -0.443 e. The number of fused-ring (bicyclic) bond motifs is 3. The minimum absolute atomic E-state index is 0.00329. The molecule has 4 heterocycles. The standard InChI is InChI=1S/C24H27BrN6O5S/c1-23(2,3)35-21(33)31(22(34)36-24(4,5)6)15-10-8-9-13(27-15)12-30-19(32)16-14(11-26-30)17-18(29(16)7)28-20(25)37-17/h8-11H,12H2,1-7H3. The van der Waals surface area contributed by atoms with E-state index in [0.29, 0.717) is 22.2 Å². The molecule has 37 heavy (non-hydrogen) atoms. The van der Waals surface area contributed by atoms with Crippen LogP contribution in [0, 0.1) is 0 Å². The lowest BCUT2D eigenvalue weighted by atomic mass is 10.2. The van der Waals surface area contributed by atoms with Crippen molar-refractivity contribution in [1.29, 1.82) is 0 Å². The summed E-state index contributed by atoms with van der Waals surface area (Å²) in [4.78, 5) is 48.9. The maximum atomic E-state index is 13.3. The molecule has 0 aliphatic heterocycles. The molecule has 11 nitrogen and oxygen atoms in total. The number of imide groups is 1. The fourth-order valence-corrected chi connectivity index (χ4v) is 5.07. The van der Waals surface area contributed by atoms with Crippen molar-refractivity contribution >= 4 is 66.5 Å². The van der Waals surface area contributed by atoms with Gasteiger partial charge >= 0.3 is 12.2 Å². The van der Waals surface area contributed by atoms with Crippen molar-refractivity contribution in [2.45, 2.75) is 59.3 Å². The number of ether oxygens (including phenoxy) is 2. The summed E-state index contributed by atoms with van der Waals surface area (Å²) in [6, 6.07) is 4.79. The number of hydrogen-bond acceptors (Lipinski definition) is 9. The van der Waals surface area contributed by atoms with Gasteiger partial charge in [0.15, 0.2) is 9.56 Å². The average Bonchev–Trinajstić information content (AvgIpc) is 3.24. The van der Waals surface area contributed by atoms with Gasteiger partial charge in [-0.25, -0.2) is 24.2 Å². The third-order valence-corrected chi connectivity index (χ3v) is 6.51. The van der Waals surface area contributed by atoms with Gasteiger partial charge < -0.3 is 14.0 Å². The van der Waals surface area contributed by atoms with E-state index in [-0.39, 0.29) is 17.9 Å². The average molecular weight is 591 g/mol. The van der Waals surface area contributed by atoms with Gasteiger partial charge in [0.1, 0.15) is 22.5 Å². The van der Waals surface area contributed by atoms with Crippen LogP contribution in [-0.2, 0) is 23.1 Å². The summed E-state index contributed by atoms with van der Waals surface area (Å²) >= 11 is 4.81. The van der Waals surface area contributed by atoms with E-state index < -0.39 is 23.4 Å². The van der Waals surface area contributed by atoms with E-state index in [1.54, 1.807) is 71.5 Å². The van der Waals surface area contributed by atoms with Crippen LogP contribution in [0.5, 0.6) is 0 Å². The molecule has 0 radical (unpaired) electrons. The van der Waals surface area contributed by atoms with Crippen LogP contribution >= 0.6 is 27.3 Å². The molecule has 0 N–H and O–H groups in total. The molecule has 196 valence electrons. The van der Waals surface area contributed by atoms with Gasteiger partial charge in [-0.15, -0.1) is 11.3 Å². The van der Waals surface area contributed by atoms with E-state index in [2.05, 4.69) is 31.0 Å². The van der Waals surface area contributed by atoms with Crippen LogP contribution in [0.25, 0.3) is 21.3 Å². The third-order valence-electron chi connectivity index (χ3n) is 4.98. The maximum Gasteiger partial charge on any atom is 0.425 e. The summed E-state index contributed by atoms with van der Waals surface area (Å²) in [6.45, 7) is 10.2. The van der Waals surface area contributed by atoms with Crippen molar-refractivity contribution in [1.82, 2.24) is 24.3 Å². The van der Waals surface area contributed by atoms with E-state index >= 15 is 0 Å². The first-order chi connectivity index (χ1) is 17.1. The molecule has 4 aromatic rings. The predicted molar refractivity (Wildman–Crippen MR) is 144 cm³/mol. The van der Waals surface area contributed by atoms with Crippen molar-refractivity contribution in [3.8, 4) is 0 Å². The Morgan fingerprint density at radius 3 is 2.27 bits per heavy atom. The Morgan fingerprint density at radius 2 is 1.68 bits per heavy atom. The SMILES string of the molecule is Cn1c2nc(Br)sc2c2cnn(Cc3cccc(N(C(=O)OC(C)(C)C)C(=O)OC(C)(C)C)n3)c(=O)c21. The largest absolute Gasteiger partial charge is 0.443 e. The van der Waals surface area contributed by atoms with Gasteiger partial charge in [-0.3, -0.25) is 4.79 Å². The quantitative estimate of drug-likeness (QED) is 0.318. The summed E-state index contributed by atoms with van der Waals surface area (Å²) in [7, 11) is 1.78. The molecule has 4 aromatic heterocycles. The summed E-state index contributed by atoms with van der Waals surface area (Å²) in [5.41, 5.74) is -0.459. The number of rotatable bonds is 3. The molecule has 13 heteroatoms. The Bertz CT molecular complexity index is 1550. The van der Waals surface area contributed by atoms with Crippen molar-refractivity contribution in [3.05, 3.63) is 44.4 Å². The predicted octanol–water partition coefficient (Wildman–Crippen LogP) is 5.23. The number of aryl methyl sites for hydroxylation is 1. The number of pyridine rings is 1. The molecule has 0 saturated heterocycles. The molecule has 0 fully saturated rings. The van der Waals surface area contributed by atoms with Crippen molar-refractivity contribution in [2.75, 3.05) is 4.90 Å². The first kappa shape index (κ1) is 26.7. The van der Waals surface area contributed by atoms with Crippen LogP contribution in [-0.4, -0.2) is 47.7 Å². The molecule has 0 unspecified atom stereocenters. The van der Waals surface area contributed by atoms with E-state index in [4.69, 9.17) is 9.47 Å². The molecule has 0 aliphatic carbocycles. The molecule has 0 spiro atoms. The molecule has 0 aliphatic rings. The van der Waals surface area contributed by atoms with E-state index in [1.165, 1.54) is 22.1 Å². The Kier molecular flexibility index (Phi) is 6.88. The van der Waals surface area contributed by atoms with Crippen molar-refractivity contribution in [2.24, 2.45) is 7.05 Å². The number of thiazole rings is 1. The highest BCUT2D eigenvalue weighted by Gasteiger charge is 2.33. The van der Waals surface area contributed by atoms with Crippen LogP contribution < -0.4 is 10.5 Å². The highest BCUT2D eigenvalue weighted by molar-refractivity contribution is 9.11. The Balaban J connectivity index is 1.71. The molecule has 0 bridgehead atoms. The second-order valence-electron chi connectivity index (χ2n) is 10.3. The number of aromatic nitrogens is 5. The molecule has 0 saturated carbocycles. The number of halogens is 1. The summed E-state index contributed by atoms with van der Waals surface area (Å²) in [6.07, 6.45) is -0.224. The van der Waals surface area contributed by atoms with Crippen LogP contribution in [0.2, 0.25) is 0 Å². The normalized spacial score (nSPS) is 12.2. The second kappa shape index (κ2) is 9.53. The smallest absolute Gasteiger partial charge is 0.425 e. The van der Waals surface area contributed by atoms with Gasteiger partial charge in [0, 0.05) is 12.4 Å². The fraction of sp³-hybridized carbons (Fsp3) is 0.417. The molecular weight excluding hydrogens is 564 g/mol. The number of nitrogens with zero attached hydrogens (tertiary/aromatic N) is 6. The molecule has 4 rings (SSSR count). The number of anilines is 1. The maximum absolute atomic E-state index is 13.3. The van der Waals surface area contributed by atoms with Crippen molar-refractivity contribution in [3.63, 3.8) is 0 Å². The van der Waals surface area contributed by atoms with Gasteiger partial charge in [-0.05, 0) is 69.6 Å². The Morgan fingerprint density at radius 1 is 1.05 bits per heavy atom. The molecular formula is C24H27BrN6O5S. The molecule has 2 amide bonds. The van der Waals surface area contributed by atoms with E-state index in [0.717, 1.165) is 13.5 Å². The van der Waals surface area contributed by atoms with E-state index in [1.807, 2.05) is 0 Å².